The number of rotatable bonds is 23. The second-order valence-electron chi connectivity index (χ2n) is 15.6. The molecule has 0 spiro atoms. The molecule has 2 aliphatic carbocycles. The van der Waals surface area contributed by atoms with Crippen LogP contribution in [0.4, 0.5) is 24.5 Å². The summed E-state index contributed by atoms with van der Waals surface area (Å²) in [4.78, 5) is 4.88. The van der Waals surface area contributed by atoms with E-state index in [-0.39, 0.29) is 24.0 Å². The van der Waals surface area contributed by atoms with Crippen molar-refractivity contribution in [1.82, 2.24) is 10.3 Å². The zero-order valence-corrected chi connectivity index (χ0v) is 32.0. The number of nitrogens with zero attached hydrogens (tertiary/aromatic N) is 1. The first-order valence-electron chi connectivity index (χ1n) is 20.6. The molecule has 0 bridgehead atoms. The summed E-state index contributed by atoms with van der Waals surface area (Å²) >= 11 is 0. The van der Waals surface area contributed by atoms with Crippen molar-refractivity contribution >= 4 is 16.9 Å². The first-order valence-corrected chi connectivity index (χ1v) is 20.6. The third-order valence-electron chi connectivity index (χ3n) is 11.5. The van der Waals surface area contributed by atoms with Gasteiger partial charge in [0, 0.05) is 41.4 Å². The van der Waals surface area contributed by atoms with E-state index in [4.69, 9.17) is 10.7 Å². The molecule has 1 fully saturated rings. The summed E-state index contributed by atoms with van der Waals surface area (Å²) < 4.78 is 37.0. The molecule has 5 nitrogen and oxygen atoms in total. The lowest BCUT2D eigenvalue weighted by molar-refractivity contribution is -0.135. The predicted molar refractivity (Wildman–Crippen MR) is 213 cm³/mol. The summed E-state index contributed by atoms with van der Waals surface area (Å²) in [6, 6.07) is 21.2. The summed E-state index contributed by atoms with van der Waals surface area (Å²) in [6.07, 6.45) is 15.7. The highest BCUT2D eigenvalue weighted by Gasteiger charge is 2.49. The maximum atomic E-state index is 12.3. The predicted octanol–water partition coefficient (Wildman–Crippen LogP) is 11.7. The average molecular weight is 733 g/mol. The molecule has 1 aromatic heterocycles. The molecule has 1 heterocycles. The molecule has 3 unspecified atom stereocenters. The fraction of sp³-hybridized carbons (Fsp3) is 0.578. The van der Waals surface area contributed by atoms with Crippen molar-refractivity contribution in [1.29, 1.82) is 0 Å². The average Bonchev–Trinajstić information content (AvgIpc) is 3.65. The number of nitrogens with one attached hydrogen (secondary N) is 2. The van der Waals surface area contributed by atoms with E-state index in [1.165, 1.54) is 55.2 Å². The number of alkyl halides is 3. The number of aryl methyl sites for hydroxylation is 1. The Kier molecular flexibility index (Phi) is 15.7. The fourth-order valence-electron chi connectivity index (χ4n) is 8.63. The van der Waals surface area contributed by atoms with Gasteiger partial charge in [0.05, 0.1) is 18.0 Å². The lowest BCUT2D eigenvalue weighted by Gasteiger charge is -2.38. The number of aliphatic hydroxyl groups is 1. The van der Waals surface area contributed by atoms with Gasteiger partial charge in [0.1, 0.15) is 0 Å². The van der Waals surface area contributed by atoms with Gasteiger partial charge in [-0.25, -0.2) is 0 Å². The van der Waals surface area contributed by atoms with Gasteiger partial charge in [-0.15, -0.1) is 0 Å². The Hall–Kier alpha value is -3.36. The molecule has 3 atom stereocenters. The maximum Gasteiger partial charge on any atom is 0.389 e. The molecule has 5 rings (SSSR count). The Bertz CT molecular complexity index is 1570. The van der Waals surface area contributed by atoms with E-state index in [1.807, 2.05) is 12.3 Å². The highest BCUT2D eigenvalue weighted by Crippen LogP contribution is 2.51. The minimum atomic E-state index is -4.03. The van der Waals surface area contributed by atoms with E-state index in [9.17, 15) is 18.3 Å². The number of nitrogens with two attached hydrogens (primary N) is 1. The van der Waals surface area contributed by atoms with Gasteiger partial charge in [-0.1, -0.05) is 120 Å². The zero-order chi connectivity index (χ0) is 37.5. The number of halogens is 3. The molecule has 8 heteroatoms. The van der Waals surface area contributed by atoms with Crippen molar-refractivity contribution in [3.8, 4) is 0 Å². The van der Waals surface area contributed by atoms with Crippen LogP contribution in [0.2, 0.25) is 0 Å². The number of aliphatic hydroxyl groups excluding tert-OH is 1. The van der Waals surface area contributed by atoms with Gasteiger partial charge >= 0.3 is 6.18 Å². The van der Waals surface area contributed by atoms with Crippen LogP contribution in [0.3, 0.4) is 0 Å². The lowest BCUT2D eigenvalue weighted by atomic mass is 9.77. The third-order valence-corrected chi connectivity index (χ3v) is 11.5. The molecule has 0 radical (unpaired) electrons. The number of unbranched alkanes of at least 4 members (excludes halogenated alkanes) is 12. The summed E-state index contributed by atoms with van der Waals surface area (Å²) in [7, 11) is 0. The maximum absolute atomic E-state index is 12.3. The number of benzene rings is 2. The van der Waals surface area contributed by atoms with Crippen LogP contribution in [-0.4, -0.2) is 34.5 Å². The molecule has 2 aromatic carbocycles. The summed E-state index contributed by atoms with van der Waals surface area (Å²) in [5.74, 6) is 0.0242. The van der Waals surface area contributed by atoms with Crippen LogP contribution >= 0.6 is 0 Å². The third kappa shape index (κ3) is 12.1. The van der Waals surface area contributed by atoms with Crippen LogP contribution in [0.1, 0.15) is 151 Å². The van der Waals surface area contributed by atoms with Gasteiger partial charge in [0.2, 0.25) is 0 Å². The highest BCUT2D eigenvalue weighted by atomic mass is 19.4. The molecule has 3 aromatic rings. The van der Waals surface area contributed by atoms with Crippen LogP contribution in [0.5, 0.6) is 0 Å². The Morgan fingerprint density at radius 2 is 1.51 bits per heavy atom. The number of hydrogen-bond donors (Lipinski definition) is 4. The van der Waals surface area contributed by atoms with Crippen molar-refractivity contribution in [3.05, 3.63) is 94.9 Å². The van der Waals surface area contributed by atoms with E-state index < -0.39 is 12.6 Å². The van der Waals surface area contributed by atoms with Gasteiger partial charge in [0.25, 0.3) is 0 Å². The Balaban J connectivity index is 1.17. The van der Waals surface area contributed by atoms with Crippen LogP contribution in [0, 0.1) is 0 Å². The monoisotopic (exact) mass is 732 g/mol. The molecule has 0 amide bonds. The summed E-state index contributed by atoms with van der Waals surface area (Å²) in [6.45, 7) is 3.20. The smallest absolute Gasteiger partial charge is 0.389 e. The first-order chi connectivity index (χ1) is 25.7. The minimum absolute atomic E-state index is 0.0242. The highest BCUT2D eigenvalue weighted by molar-refractivity contribution is 5.80. The molecule has 5 N–H and O–H groups in total. The summed E-state index contributed by atoms with van der Waals surface area (Å²) in [5, 5.41) is 18.3. The van der Waals surface area contributed by atoms with Gasteiger partial charge in [-0.2, -0.15) is 13.2 Å². The van der Waals surface area contributed by atoms with E-state index in [0.29, 0.717) is 19.3 Å². The number of fused-ring (bicyclic) bond motifs is 1. The SMILES string of the molecule is CCCCCCCCCNC1(C2C(N)=C(Cc3ccc(Nc4ccccc4CCCCCCCCCC(F)(F)F)cn3)c3ccccc32)CCC(O)C1. The molecule has 0 saturated heterocycles. The van der Waals surface area contributed by atoms with Crippen LogP contribution in [-0.2, 0) is 12.8 Å². The number of hydrogen-bond acceptors (Lipinski definition) is 5. The van der Waals surface area contributed by atoms with Crippen molar-refractivity contribution < 1.29 is 18.3 Å². The number of allylic oxidation sites excluding steroid dienone is 1. The van der Waals surface area contributed by atoms with Crippen LogP contribution in [0.15, 0.2) is 72.6 Å². The molecular weight excluding hydrogens is 670 g/mol. The quantitative estimate of drug-likeness (QED) is 0.0730. The Morgan fingerprint density at radius 1 is 0.830 bits per heavy atom. The topological polar surface area (TPSA) is 83.2 Å². The number of aromatic nitrogens is 1. The van der Waals surface area contributed by atoms with Crippen molar-refractivity contribution in [2.24, 2.45) is 5.73 Å². The van der Waals surface area contributed by atoms with Crippen molar-refractivity contribution in [2.45, 2.75) is 159 Å². The van der Waals surface area contributed by atoms with E-state index in [1.54, 1.807) is 0 Å². The zero-order valence-electron chi connectivity index (χ0n) is 32.0. The molecule has 290 valence electrons. The van der Waals surface area contributed by atoms with Crippen molar-refractivity contribution in [2.75, 3.05) is 11.9 Å². The van der Waals surface area contributed by atoms with Crippen LogP contribution < -0.4 is 16.4 Å². The molecule has 1 saturated carbocycles. The van der Waals surface area contributed by atoms with E-state index in [0.717, 1.165) is 92.7 Å². The van der Waals surface area contributed by atoms with Gasteiger partial charge in [-0.05, 0) is 92.0 Å². The second-order valence-corrected chi connectivity index (χ2v) is 15.6. The molecular formula is C45H63F3N4O. The fourth-order valence-corrected chi connectivity index (χ4v) is 8.63. The minimum Gasteiger partial charge on any atom is -0.401 e. The Morgan fingerprint density at radius 3 is 2.21 bits per heavy atom. The molecule has 53 heavy (non-hydrogen) atoms. The van der Waals surface area contributed by atoms with Gasteiger partial charge < -0.3 is 21.5 Å². The number of pyridine rings is 1. The number of para-hydroxylation sites is 1. The molecule has 0 aliphatic heterocycles. The summed E-state index contributed by atoms with van der Waals surface area (Å²) in [5.41, 5.74) is 15.6. The van der Waals surface area contributed by atoms with Crippen LogP contribution in [0.25, 0.3) is 5.57 Å². The largest absolute Gasteiger partial charge is 0.401 e. The standard InChI is InChI=1S/C45H63F3N4O/c1-2-3-4-5-9-12-19-30-51-44(29-27-37(53)32-44)42-39-23-16-15-22-38(39)40(43(42)49)31-35-25-26-36(33-50-35)52-41-24-17-14-21-34(41)20-13-10-7-6-8-11-18-28-45(46,47)48/h14-17,21-26,33,37,42,51-53H,2-13,18-20,27-32,49H2,1H3. The van der Waals surface area contributed by atoms with E-state index >= 15 is 0 Å². The normalized spacial score (nSPS) is 19.9. The second kappa shape index (κ2) is 20.4. The van der Waals surface area contributed by atoms with Gasteiger partial charge in [-0.3, -0.25) is 4.98 Å². The first kappa shape index (κ1) is 40.8. The molecule has 2 aliphatic rings. The number of anilines is 2. The van der Waals surface area contributed by atoms with Gasteiger partial charge in [0.15, 0.2) is 0 Å². The Labute approximate surface area is 316 Å². The van der Waals surface area contributed by atoms with E-state index in [2.05, 4.69) is 72.2 Å². The van der Waals surface area contributed by atoms with Crippen molar-refractivity contribution in [3.63, 3.8) is 0 Å². The lowest BCUT2D eigenvalue weighted by Crippen LogP contribution is -2.50.